The van der Waals surface area contributed by atoms with E-state index in [9.17, 15) is 9.59 Å². The zero-order chi connectivity index (χ0) is 15.9. The van der Waals surface area contributed by atoms with Crippen molar-refractivity contribution in [1.82, 2.24) is 4.90 Å². The molecule has 1 saturated heterocycles. The summed E-state index contributed by atoms with van der Waals surface area (Å²) in [6.07, 6.45) is 0. The molecule has 1 fully saturated rings. The van der Waals surface area contributed by atoms with Crippen molar-refractivity contribution in [2.45, 2.75) is 13.0 Å². The summed E-state index contributed by atoms with van der Waals surface area (Å²) in [7, 11) is 1.32. The standard InChI is InChI=1S/C15H13ClN2O3S/c1-8-12(14(20)21-2)13(9-3-5-10(16)6-4-9)18-11(19)7-22-15(18)17-8/h3-6,13H,7H2,1-2H3. The van der Waals surface area contributed by atoms with Crippen LogP contribution < -0.4 is 0 Å². The smallest absolute Gasteiger partial charge is 0.338 e. The molecule has 3 rings (SSSR count). The quantitative estimate of drug-likeness (QED) is 0.779. The summed E-state index contributed by atoms with van der Waals surface area (Å²) >= 11 is 7.31. The van der Waals surface area contributed by atoms with Crippen molar-refractivity contribution < 1.29 is 14.3 Å². The van der Waals surface area contributed by atoms with Gasteiger partial charge < -0.3 is 4.74 Å². The molecule has 0 radical (unpaired) electrons. The van der Waals surface area contributed by atoms with Crippen LogP contribution in [-0.2, 0) is 14.3 Å². The van der Waals surface area contributed by atoms with Crippen LogP contribution in [0.3, 0.4) is 0 Å². The fourth-order valence-electron chi connectivity index (χ4n) is 2.57. The molecule has 5 nitrogen and oxygen atoms in total. The van der Waals surface area contributed by atoms with Crippen molar-refractivity contribution in [3.63, 3.8) is 0 Å². The minimum absolute atomic E-state index is 0.0717. The van der Waals surface area contributed by atoms with Gasteiger partial charge in [-0.25, -0.2) is 9.79 Å². The monoisotopic (exact) mass is 336 g/mol. The number of carbonyl (C=O) groups is 2. The van der Waals surface area contributed by atoms with Crippen molar-refractivity contribution in [3.05, 3.63) is 46.1 Å². The maximum absolute atomic E-state index is 12.2. The molecule has 1 aromatic rings. The molecular formula is C15H13ClN2O3S. The minimum atomic E-state index is -0.528. The second kappa shape index (κ2) is 5.78. The number of aliphatic imine (C=N–C) groups is 1. The van der Waals surface area contributed by atoms with Crippen molar-refractivity contribution in [3.8, 4) is 0 Å². The number of carbonyl (C=O) groups excluding carboxylic acids is 2. The van der Waals surface area contributed by atoms with E-state index in [0.29, 0.717) is 27.2 Å². The Hall–Kier alpha value is -1.79. The number of halogens is 1. The van der Waals surface area contributed by atoms with Gasteiger partial charge in [0.25, 0.3) is 0 Å². The lowest BCUT2D eigenvalue weighted by Crippen LogP contribution is -2.39. The molecule has 1 unspecified atom stereocenters. The highest BCUT2D eigenvalue weighted by Crippen LogP contribution is 2.41. The molecule has 0 aromatic heterocycles. The fourth-order valence-corrected chi connectivity index (χ4v) is 3.64. The largest absolute Gasteiger partial charge is 0.466 e. The van der Waals surface area contributed by atoms with Gasteiger partial charge in [-0.2, -0.15) is 0 Å². The number of amidine groups is 1. The zero-order valence-electron chi connectivity index (χ0n) is 12.0. The molecule has 1 amide bonds. The average Bonchev–Trinajstić information content (AvgIpc) is 2.87. The van der Waals surface area contributed by atoms with E-state index in [4.69, 9.17) is 16.3 Å². The summed E-state index contributed by atoms with van der Waals surface area (Å²) in [5.41, 5.74) is 1.75. The summed E-state index contributed by atoms with van der Waals surface area (Å²) < 4.78 is 4.88. The van der Waals surface area contributed by atoms with Crippen LogP contribution in [0.1, 0.15) is 18.5 Å². The molecule has 0 aliphatic carbocycles. The van der Waals surface area contributed by atoms with Crippen LogP contribution in [0.2, 0.25) is 5.02 Å². The van der Waals surface area contributed by atoms with Gasteiger partial charge in [0.05, 0.1) is 30.2 Å². The van der Waals surface area contributed by atoms with Crippen LogP contribution >= 0.6 is 23.4 Å². The Labute approximate surface area is 137 Å². The third kappa shape index (κ3) is 2.42. The van der Waals surface area contributed by atoms with Crippen molar-refractivity contribution >= 4 is 40.4 Å². The molecule has 0 spiro atoms. The lowest BCUT2D eigenvalue weighted by atomic mass is 9.94. The molecule has 7 heteroatoms. The highest BCUT2D eigenvalue weighted by Gasteiger charge is 2.43. The number of thioether (sulfide) groups is 1. The van der Waals surface area contributed by atoms with Crippen LogP contribution in [0, 0.1) is 0 Å². The summed E-state index contributed by atoms with van der Waals surface area (Å²) in [4.78, 5) is 30.4. The summed E-state index contributed by atoms with van der Waals surface area (Å²) in [6, 6.07) is 6.56. The number of hydrogen-bond donors (Lipinski definition) is 0. The highest BCUT2D eigenvalue weighted by atomic mass is 35.5. The molecule has 1 atom stereocenters. The van der Waals surface area contributed by atoms with E-state index in [1.165, 1.54) is 18.9 Å². The maximum atomic E-state index is 12.2. The van der Waals surface area contributed by atoms with Gasteiger partial charge in [0.15, 0.2) is 5.17 Å². The molecule has 0 N–H and O–H groups in total. The number of rotatable bonds is 2. The van der Waals surface area contributed by atoms with Gasteiger partial charge in [-0.05, 0) is 24.6 Å². The molecule has 22 heavy (non-hydrogen) atoms. The number of methoxy groups -OCH3 is 1. The molecule has 2 aliphatic heterocycles. The molecular weight excluding hydrogens is 324 g/mol. The van der Waals surface area contributed by atoms with Crippen molar-refractivity contribution in [1.29, 1.82) is 0 Å². The molecule has 114 valence electrons. The summed E-state index contributed by atoms with van der Waals surface area (Å²) in [6.45, 7) is 1.75. The Balaban J connectivity index is 2.16. The van der Waals surface area contributed by atoms with E-state index in [2.05, 4.69) is 4.99 Å². The second-order valence-corrected chi connectivity index (χ2v) is 6.27. The maximum Gasteiger partial charge on any atom is 0.338 e. The van der Waals surface area contributed by atoms with Gasteiger partial charge in [0, 0.05) is 5.02 Å². The number of amides is 1. The molecule has 2 aliphatic rings. The van der Waals surface area contributed by atoms with Gasteiger partial charge in [0.1, 0.15) is 0 Å². The first-order valence-corrected chi connectivity index (χ1v) is 7.97. The number of benzene rings is 1. The first-order chi connectivity index (χ1) is 10.5. The lowest BCUT2D eigenvalue weighted by molar-refractivity contribution is -0.137. The van der Waals surface area contributed by atoms with Gasteiger partial charge in [-0.3, -0.25) is 9.69 Å². The van der Waals surface area contributed by atoms with Gasteiger partial charge in [0.2, 0.25) is 5.91 Å². The molecule has 0 bridgehead atoms. The van der Waals surface area contributed by atoms with Gasteiger partial charge >= 0.3 is 5.97 Å². The number of nitrogens with zero attached hydrogens (tertiary/aromatic N) is 2. The summed E-state index contributed by atoms with van der Waals surface area (Å²) in [5, 5.41) is 1.21. The van der Waals surface area contributed by atoms with E-state index >= 15 is 0 Å². The highest BCUT2D eigenvalue weighted by molar-refractivity contribution is 8.15. The van der Waals surface area contributed by atoms with Gasteiger partial charge in [-0.1, -0.05) is 35.5 Å². The van der Waals surface area contributed by atoms with Crippen LogP contribution in [0.4, 0.5) is 0 Å². The average molecular weight is 337 g/mol. The van der Waals surface area contributed by atoms with Crippen molar-refractivity contribution in [2.75, 3.05) is 12.9 Å². The van der Waals surface area contributed by atoms with E-state index in [1.807, 2.05) is 12.1 Å². The Kier molecular flexibility index (Phi) is 3.97. The Morgan fingerprint density at radius 2 is 2.09 bits per heavy atom. The predicted octanol–water partition coefficient (Wildman–Crippen LogP) is 2.77. The first-order valence-electron chi connectivity index (χ1n) is 6.61. The second-order valence-electron chi connectivity index (χ2n) is 4.89. The predicted molar refractivity (Wildman–Crippen MR) is 85.6 cm³/mol. The third-order valence-electron chi connectivity index (χ3n) is 3.58. The Morgan fingerprint density at radius 3 is 2.73 bits per heavy atom. The SMILES string of the molecule is COC(=O)C1=C(C)N=C2SCC(=O)N2C1c1ccc(Cl)cc1. The van der Waals surface area contributed by atoms with Crippen LogP contribution in [0.5, 0.6) is 0 Å². The van der Waals surface area contributed by atoms with E-state index in [0.717, 1.165) is 5.56 Å². The fraction of sp³-hybridized carbons (Fsp3) is 0.267. The third-order valence-corrected chi connectivity index (χ3v) is 4.76. The topological polar surface area (TPSA) is 59.0 Å². The van der Waals surface area contributed by atoms with Gasteiger partial charge in [-0.15, -0.1) is 0 Å². The van der Waals surface area contributed by atoms with Crippen LogP contribution in [0.15, 0.2) is 40.5 Å². The Morgan fingerprint density at radius 1 is 1.41 bits per heavy atom. The van der Waals surface area contributed by atoms with Crippen LogP contribution in [0.25, 0.3) is 0 Å². The van der Waals surface area contributed by atoms with E-state index in [-0.39, 0.29) is 5.91 Å². The zero-order valence-corrected chi connectivity index (χ0v) is 13.6. The molecule has 1 aromatic carbocycles. The molecule has 0 saturated carbocycles. The Bertz CT molecular complexity index is 712. The first kappa shape index (κ1) is 15.1. The number of allylic oxidation sites excluding steroid dienone is 1. The lowest BCUT2D eigenvalue weighted by Gasteiger charge is -2.32. The molecule has 2 heterocycles. The number of hydrogen-bond acceptors (Lipinski definition) is 5. The number of esters is 1. The van der Waals surface area contributed by atoms with E-state index < -0.39 is 12.0 Å². The summed E-state index contributed by atoms with van der Waals surface area (Å²) in [5.74, 6) is -0.229. The minimum Gasteiger partial charge on any atom is -0.466 e. The van der Waals surface area contributed by atoms with E-state index in [1.54, 1.807) is 24.0 Å². The van der Waals surface area contributed by atoms with Crippen LogP contribution in [-0.4, -0.2) is 34.8 Å². The number of ether oxygens (including phenoxy) is 1. The number of fused-ring (bicyclic) bond motifs is 1. The van der Waals surface area contributed by atoms with Crippen molar-refractivity contribution in [2.24, 2.45) is 4.99 Å². The normalized spacial score (nSPS) is 20.9.